The van der Waals surface area contributed by atoms with Gasteiger partial charge in [-0.1, -0.05) is 12.1 Å². The zero-order chi connectivity index (χ0) is 20.2. The molecule has 1 aliphatic heterocycles. The fourth-order valence-electron chi connectivity index (χ4n) is 3.56. The largest absolute Gasteiger partial charge is 0.356 e. The van der Waals surface area contributed by atoms with E-state index in [-0.39, 0.29) is 5.91 Å². The van der Waals surface area contributed by atoms with E-state index in [1.165, 1.54) is 0 Å². The fourth-order valence-corrected chi connectivity index (χ4v) is 3.56. The molecule has 0 radical (unpaired) electrons. The topological polar surface area (TPSA) is 78.4 Å². The number of fused-ring (bicyclic) bond motifs is 1. The van der Waals surface area contributed by atoms with Crippen LogP contribution in [0.15, 0.2) is 42.6 Å². The lowest BCUT2D eigenvalue weighted by molar-refractivity contribution is 0.0740. The number of amides is 1. The Morgan fingerprint density at radius 1 is 0.966 bits per heavy atom. The second-order valence-corrected chi connectivity index (χ2v) is 6.95. The van der Waals surface area contributed by atoms with Gasteiger partial charge in [0.2, 0.25) is 0 Å². The number of nitrogens with zero attached hydrogens (tertiary/aromatic N) is 7. The molecule has 29 heavy (non-hydrogen) atoms. The number of hydrogen-bond donors (Lipinski definition) is 0. The maximum absolute atomic E-state index is 12.8. The van der Waals surface area contributed by atoms with E-state index in [0.29, 0.717) is 31.9 Å². The summed E-state index contributed by atoms with van der Waals surface area (Å²) >= 11 is 0. The molecule has 0 atom stereocenters. The molecule has 8 heteroatoms. The molecular weight excluding hydrogens is 366 g/mol. The van der Waals surface area contributed by atoms with E-state index in [2.05, 4.69) is 43.8 Å². The van der Waals surface area contributed by atoms with E-state index in [1.54, 1.807) is 6.20 Å². The van der Waals surface area contributed by atoms with Gasteiger partial charge in [0.15, 0.2) is 11.6 Å². The normalized spacial score (nSPS) is 14.3. The lowest BCUT2D eigenvalue weighted by Gasteiger charge is -2.35. The molecule has 1 aromatic carbocycles. The van der Waals surface area contributed by atoms with Crippen molar-refractivity contribution < 1.29 is 4.79 Å². The predicted molar refractivity (Wildman–Crippen MR) is 113 cm³/mol. The molecule has 1 saturated heterocycles. The highest BCUT2D eigenvalue weighted by Gasteiger charge is 2.24. The Bertz CT molecular complexity index is 980. The number of carbonyl (C=O) groups is 1. The predicted octanol–water partition coefficient (Wildman–Crippen LogP) is 2.23. The third-order valence-electron chi connectivity index (χ3n) is 5.28. The molecule has 0 unspecified atom stereocenters. The van der Waals surface area contributed by atoms with Gasteiger partial charge < -0.3 is 14.7 Å². The van der Waals surface area contributed by atoms with Crippen molar-refractivity contribution in [1.82, 2.24) is 25.1 Å². The minimum absolute atomic E-state index is 0.0779. The molecule has 0 N–H and O–H groups in total. The molecule has 0 bridgehead atoms. The van der Waals surface area contributed by atoms with Crippen LogP contribution >= 0.6 is 0 Å². The third-order valence-corrected chi connectivity index (χ3v) is 5.28. The van der Waals surface area contributed by atoms with Gasteiger partial charge in [0.25, 0.3) is 5.91 Å². The zero-order valence-corrected chi connectivity index (χ0v) is 16.8. The van der Waals surface area contributed by atoms with E-state index in [1.807, 2.05) is 41.3 Å². The average Bonchev–Trinajstić information content (AvgIpc) is 2.80. The Morgan fingerprint density at radius 3 is 2.34 bits per heavy atom. The number of rotatable bonds is 5. The third kappa shape index (κ3) is 3.96. The lowest BCUT2D eigenvalue weighted by Crippen LogP contribution is -2.49. The monoisotopic (exact) mass is 391 g/mol. The summed E-state index contributed by atoms with van der Waals surface area (Å²) in [6.07, 6.45) is 1.56. The van der Waals surface area contributed by atoms with Crippen molar-refractivity contribution in [2.45, 2.75) is 13.8 Å². The number of benzene rings is 1. The SMILES string of the molecule is CCN(CC)c1ccc(N2CCN(C(=O)c3cnc4ccccc4n3)CC2)nn1. The molecular formula is C21H25N7O. The Morgan fingerprint density at radius 2 is 1.69 bits per heavy atom. The highest BCUT2D eigenvalue weighted by molar-refractivity contribution is 5.94. The van der Waals surface area contributed by atoms with Gasteiger partial charge in [0.1, 0.15) is 5.69 Å². The van der Waals surface area contributed by atoms with Gasteiger partial charge in [0.05, 0.1) is 17.2 Å². The van der Waals surface area contributed by atoms with Crippen LogP contribution in [0.5, 0.6) is 0 Å². The van der Waals surface area contributed by atoms with Crippen LogP contribution in [0.4, 0.5) is 11.6 Å². The van der Waals surface area contributed by atoms with E-state index in [9.17, 15) is 4.79 Å². The van der Waals surface area contributed by atoms with Crippen LogP contribution in [0.1, 0.15) is 24.3 Å². The maximum Gasteiger partial charge on any atom is 0.274 e. The first-order chi connectivity index (χ1) is 14.2. The van der Waals surface area contributed by atoms with Crippen molar-refractivity contribution in [1.29, 1.82) is 0 Å². The first-order valence-corrected chi connectivity index (χ1v) is 10.0. The summed E-state index contributed by atoms with van der Waals surface area (Å²) in [6, 6.07) is 11.6. The van der Waals surface area contributed by atoms with E-state index >= 15 is 0 Å². The summed E-state index contributed by atoms with van der Waals surface area (Å²) < 4.78 is 0. The number of aromatic nitrogens is 4. The van der Waals surface area contributed by atoms with Crippen molar-refractivity contribution in [3.63, 3.8) is 0 Å². The smallest absolute Gasteiger partial charge is 0.274 e. The zero-order valence-electron chi connectivity index (χ0n) is 16.8. The second-order valence-electron chi connectivity index (χ2n) is 6.95. The molecule has 4 rings (SSSR count). The molecule has 150 valence electrons. The van der Waals surface area contributed by atoms with Crippen molar-refractivity contribution in [3.8, 4) is 0 Å². The van der Waals surface area contributed by atoms with Gasteiger partial charge >= 0.3 is 0 Å². The van der Waals surface area contributed by atoms with Crippen molar-refractivity contribution in [3.05, 3.63) is 48.3 Å². The molecule has 2 aromatic heterocycles. The molecule has 3 heterocycles. The molecule has 0 aliphatic carbocycles. The summed E-state index contributed by atoms with van der Waals surface area (Å²) in [6.45, 7) is 8.69. The molecule has 1 aliphatic rings. The van der Waals surface area contributed by atoms with Crippen LogP contribution in [0.3, 0.4) is 0 Å². The van der Waals surface area contributed by atoms with Crippen LogP contribution in [-0.4, -0.2) is 70.2 Å². The van der Waals surface area contributed by atoms with E-state index in [4.69, 9.17) is 0 Å². The summed E-state index contributed by atoms with van der Waals surface area (Å²) in [7, 11) is 0. The number of para-hydroxylation sites is 2. The van der Waals surface area contributed by atoms with Crippen molar-refractivity contribution in [2.75, 3.05) is 49.1 Å². The van der Waals surface area contributed by atoms with Crippen LogP contribution in [0.2, 0.25) is 0 Å². The molecule has 0 spiro atoms. The Hall–Kier alpha value is -3.29. The molecule has 8 nitrogen and oxygen atoms in total. The van der Waals surface area contributed by atoms with Gasteiger partial charge in [-0.15, -0.1) is 10.2 Å². The number of hydrogen-bond acceptors (Lipinski definition) is 7. The fraction of sp³-hybridized carbons (Fsp3) is 0.381. The Balaban J connectivity index is 1.40. The van der Waals surface area contributed by atoms with Gasteiger partial charge in [-0.25, -0.2) is 4.98 Å². The van der Waals surface area contributed by atoms with Gasteiger partial charge in [-0.2, -0.15) is 0 Å². The Labute approximate surface area is 170 Å². The average molecular weight is 391 g/mol. The van der Waals surface area contributed by atoms with Gasteiger partial charge in [0, 0.05) is 39.3 Å². The highest BCUT2D eigenvalue weighted by Crippen LogP contribution is 2.17. The summed E-state index contributed by atoms with van der Waals surface area (Å²) in [4.78, 5) is 27.8. The Kier molecular flexibility index (Phi) is 5.50. The van der Waals surface area contributed by atoms with Gasteiger partial charge in [-0.05, 0) is 38.1 Å². The van der Waals surface area contributed by atoms with Crippen LogP contribution < -0.4 is 9.80 Å². The maximum atomic E-state index is 12.8. The molecule has 1 fully saturated rings. The number of piperazine rings is 1. The molecule has 1 amide bonds. The molecule has 0 saturated carbocycles. The van der Waals surface area contributed by atoms with E-state index < -0.39 is 0 Å². The van der Waals surface area contributed by atoms with Crippen LogP contribution in [-0.2, 0) is 0 Å². The quantitative estimate of drug-likeness (QED) is 0.660. The summed E-state index contributed by atoms with van der Waals surface area (Å²) in [5.74, 6) is 1.66. The highest BCUT2D eigenvalue weighted by atomic mass is 16.2. The van der Waals surface area contributed by atoms with Crippen molar-refractivity contribution in [2.24, 2.45) is 0 Å². The molecule has 3 aromatic rings. The standard InChI is InChI=1S/C21H25N7O/c1-3-26(4-2)19-9-10-20(25-24-19)27-11-13-28(14-12-27)21(29)18-15-22-16-7-5-6-8-17(16)23-18/h5-10,15H,3-4,11-14H2,1-2H3. The first-order valence-electron chi connectivity index (χ1n) is 10.0. The van der Waals surface area contributed by atoms with Crippen LogP contribution in [0, 0.1) is 0 Å². The number of carbonyl (C=O) groups excluding carboxylic acids is 1. The summed E-state index contributed by atoms with van der Waals surface area (Å²) in [5, 5.41) is 8.75. The van der Waals surface area contributed by atoms with Crippen LogP contribution in [0.25, 0.3) is 11.0 Å². The van der Waals surface area contributed by atoms with E-state index in [0.717, 1.165) is 35.8 Å². The lowest BCUT2D eigenvalue weighted by atomic mass is 10.2. The summed E-state index contributed by atoms with van der Waals surface area (Å²) in [5.41, 5.74) is 1.92. The first kappa shape index (κ1) is 19.0. The van der Waals surface area contributed by atoms with Gasteiger partial charge in [-0.3, -0.25) is 9.78 Å². The minimum Gasteiger partial charge on any atom is -0.356 e. The second kappa shape index (κ2) is 8.38. The minimum atomic E-state index is -0.0779. The number of anilines is 2. The van der Waals surface area contributed by atoms with Crippen molar-refractivity contribution >= 4 is 28.6 Å².